The Kier molecular flexibility index (Phi) is 3.89. The van der Waals surface area contributed by atoms with E-state index in [0.29, 0.717) is 30.2 Å². The van der Waals surface area contributed by atoms with Crippen molar-refractivity contribution in [3.05, 3.63) is 36.9 Å². The molecule has 2 aromatic rings. The van der Waals surface area contributed by atoms with Gasteiger partial charge in [0.1, 0.15) is 0 Å². The van der Waals surface area contributed by atoms with Crippen LogP contribution in [-0.2, 0) is 9.59 Å². The average molecular weight is 378 g/mol. The Bertz CT molecular complexity index is 818. The van der Waals surface area contributed by atoms with Gasteiger partial charge in [-0.3, -0.25) is 20.2 Å². The Morgan fingerprint density at radius 3 is 1.54 bits per heavy atom. The molecule has 144 valence electrons. The highest BCUT2D eigenvalue weighted by Gasteiger charge is 2.63. The van der Waals surface area contributed by atoms with Crippen LogP contribution in [0, 0.1) is 22.7 Å². The molecule has 4 bridgehead atoms. The number of carbonyl (C=O) groups is 2. The first-order chi connectivity index (χ1) is 13.6. The number of aromatic nitrogens is 4. The number of amides is 2. The van der Waals surface area contributed by atoms with Crippen LogP contribution in [0.15, 0.2) is 36.9 Å². The van der Waals surface area contributed by atoms with E-state index < -0.39 is 10.8 Å². The number of nitrogens with one attached hydrogen (secondary N) is 2. The van der Waals surface area contributed by atoms with Gasteiger partial charge < -0.3 is 0 Å². The molecular formula is C20H22N6O2. The summed E-state index contributed by atoms with van der Waals surface area (Å²) in [6.07, 6.45) is 11.4. The van der Waals surface area contributed by atoms with E-state index in [1.165, 1.54) is 0 Å². The molecule has 0 radical (unpaired) electrons. The third kappa shape index (κ3) is 2.83. The van der Waals surface area contributed by atoms with E-state index in [2.05, 4.69) is 30.6 Å². The fourth-order valence-electron chi connectivity index (χ4n) is 5.99. The number of hydrogen-bond acceptors (Lipinski definition) is 6. The SMILES string of the molecule is O=C(Nc1ncccn1)C12CC3CC(C1)CC(C(=O)Nc1ncccn1)(C3)C2. The molecular weight excluding hydrogens is 356 g/mol. The number of hydrogen-bond donors (Lipinski definition) is 2. The molecule has 6 rings (SSSR count). The summed E-state index contributed by atoms with van der Waals surface area (Å²) in [6.45, 7) is 0. The zero-order chi connectivity index (χ0) is 19.2. The zero-order valence-electron chi connectivity index (χ0n) is 15.5. The van der Waals surface area contributed by atoms with Crippen molar-refractivity contribution in [1.82, 2.24) is 19.9 Å². The van der Waals surface area contributed by atoms with Crippen LogP contribution in [0.2, 0.25) is 0 Å². The van der Waals surface area contributed by atoms with Crippen LogP contribution in [0.3, 0.4) is 0 Å². The van der Waals surface area contributed by atoms with Crippen LogP contribution >= 0.6 is 0 Å². The summed E-state index contributed by atoms with van der Waals surface area (Å²) < 4.78 is 0. The maximum atomic E-state index is 13.2. The number of anilines is 2. The quantitative estimate of drug-likeness (QED) is 0.845. The maximum Gasteiger partial charge on any atom is 0.233 e. The molecule has 28 heavy (non-hydrogen) atoms. The lowest BCUT2D eigenvalue weighted by Gasteiger charge is -2.60. The lowest BCUT2D eigenvalue weighted by Crippen LogP contribution is -2.59. The highest BCUT2D eigenvalue weighted by molar-refractivity contribution is 5.98. The summed E-state index contributed by atoms with van der Waals surface area (Å²) in [5.41, 5.74) is -1.06. The average Bonchev–Trinajstić information content (AvgIpc) is 2.68. The van der Waals surface area contributed by atoms with Gasteiger partial charge in [-0.05, 0) is 62.5 Å². The molecule has 0 saturated heterocycles. The Morgan fingerprint density at radius 2 is 1.14 bits per heavy atom. The minimum absolute atomic E-state index is 0.0547. The molecule has 0 aromatic carbocycles. The Morgan fingerprint density at radius 1 is 0.750 bits per heavy atom. The Labute approximate surface area is 162 Å². The molecule has 0 aliphatic heterocycles. The van der Waals surface area contributed by atoms with Gasteiger partial charge in [0.2, 0.25) is 23.7 Å². The predicted molar refractivity (Wildman–Crippen MR) is 101 cm³/mol. The molecule has 0 unspecified atom stereocenters. The van der Waals surface area contributed by atoms with Gasteiger partial charge in [-0.15, -0.1) is 0 Å². The van der Waals surface area contributed by atoms with Gasteiger partial charge in [-0.2, -0.15) is 0 Å². The normalized spacial score (nSPS) is 32.7. The first-order valence-electron chi connectivity index (χ1n) is 9.74. The van der Waals surface area contributed by atoms with Crippen LogP contribution in [0.4, 0.5) is 11.9 Å². The van der Waals surface area contributed by atoms with Gasteiger partial charge in [0.15, 0.2) is 0 Å². The van der Waals surface area contributed by atoms with Crippen LogP contribution < -0.4 is 10.6 Å². The molecule has 4 fully saturated rings. The first-order valence-corrected chi connectivity index (χ1v) is 9.74. The minimum Gasteiger partial charge on any atom is -0.294 e. The fourth-order valence-corrected chi connectivity index (χ4v) is 5.99. The molecule has 0 spiro atoms. The molecule has 8 heteroatoms. The minimum atomic E-state index is -0.530. The van der Waals surface area contributed by atoms with Gasteiger partial charge in [0.05, 0.1) is 10.8 Å². The van der Waals surface area contributed by atoms with Crippen molar-refractivity contribution in [2.45, 2.75) is 38.5 Å². The third-order valence-electron chi connectivity index (χ3n) is 6.61. The topological polar surface area (TPSA) is 110 Å². The fraction of sp³-hybridized carbons (Fsp3) is 0.500. The molecule has 0 atom stereocenters. The lowest BCUT2D eigenvalue weighted by atomic mass is 9.43. The van der Waals surface area contributed by atoms with Gasteiger partial charge in [-0.25, -0.2) is 19.9 Å². The highest BCUT2D eigenvalue weighted by atomic mass is 16.2. The summed E-state index contributed by atoms with van der Waals surface area (Å²) in [5.74, 6) is 1.32. The molecule has 4 aliphatic carbocycles. The lowest BCUT2D eigenvalue weighted by molar-refractivity contribution is -0.161. The molecule has 8 nitrogen and oxygen atoms in total. The standard InChI is InChI=1S/C20H22N6O2/c27-15(25-17-21-3-1-4-22-17)19-8-13-7-14(9-19)11-20(10-13,12-19)16(28)26-18-23-5-2-6-24-18/h1-6,13-14H,7-12H2,(H,21,22,25,27)(H,23,24,26,28). The highest BCUT2D eigenvalue weighted by Crippen LogP contribution is 2.65. The third-order valence-corrected chi connectivity index (χ3v) is 6.61. The second-order valence-corrected chi connectivity index (χ2v) is 8.57. The van der Waals surface area contributed by atoms with Crippen LogP contribution in [0.25, 0.3) is 0 Å². The number of carbonyl (C=O) groups excluding carboxylic acids is 2. The maximum absolute atomic E-state index is 13.2. The largest absolute Gasteiger partial charge is 0.294 e. The van der Waals surface area contributed by atoms with E-state index in [4.69, 9.17) is 0 Å². The zero-order valence-corrected chi connectivity index (χ0v) is 15.5. The number of rotatable bonds is 4. The van der Waals surface area contributed by atoms with E-state index in [0.717, 1.165) is 32.1 Å². The van der Waals surface area contributed by atoms with Crippen LogP contribution in [0.5, 0.6) is 0 Å². The van der Waals surface area contributed by atoms with Crippen molar-refractivity contribution in [3.63, 3.8) is 0 Å². The summed E-state index contributed by atoms with van der Waals surface area (Å²) in [6, 6.07) is 3.43. The van der Waals surface area contributed by atoms with E-state index in [1.54, 1.807) is 36.9 Å². The molecule has 4 aliphatic rings. The monoisotopic (exact) mass is 378 g/mol. The summed E-state index contributed by atoms with van der Waals surface area (Å²) in [5, 5.41) is 5.77. The van der Waals surface area contributed by atoms with Crippen molar-refractivity contribution in [3.8, 4) is 0 Å². The second-order valence-electron chi connectivity index (χ2n) is 8.57. The van der Waals surface area contributed by atoms with Gasteiger partial charge in [-0.1, -0.05) is 0 Å². The summed E-state index contributed by atoms with van der Waals surface area (Å²) in [7, 11) is 0. The predicted octanol–water partition coefficient (Wildman–Crippen LogP) is 2.43. The van der Waals surface area contributed by atoms with E-state index >= 15 is 0 Å². The van der Waals surface area contributed by atoms with Crippen molar-refractivity contribution in [2.24, 2.45) is 22.7 Å². The van der Waals surface area contributed by atoms with Crippen LogP contribution in [-0.4, -0.2) is 31.8 Å². The van der Waals surface area contributed by atoms with Gasteiger partial charge >= 0.3 is 0 Å². The van der Waals surface area contributed by atoms with E-state index in [9.17, 15) is 9.59 Å². The van der Waals surface area contributed by atoms with Gasteiger partial charge in [0, 0.05) is 24.8 Å². The molecule has 4 saturated carbocycles. The van der Waals surface area contributed by atoms with E-state index in [1.807, 2.05) is 0 Å². The first kappa shape index (κ1) is 17.2. The second kappa shape index (κ2) is 6.32. The Hall–Kier alpha value is -2.90. The van der Waals surface area contributed by atoms with Crippen molar-refractivity contribution in [1.29, 1.82) is 0 Å². The molecule has 2 amide bonds. The van der Waals surface area contributed by atoms with Gasteiger partial charge in [0.25, 0.3) is 0 Å². The molecule has 2 heterocycles. The van der Waals surface area contributed by atoms with Crippen molar-refractivity contribution in [2.75, 3.05) is 10.6 Å². The molecule has 2 N–H and O–H groups in total. The van der Waals surface area contributed by atoms with Crippen molar-refractivity contribution < 1.29 is 9.59 Å². The van der Waals surface area contributed by atoms with E-state index in [-0.39, 0.29) is 11.8 Å². The summed E-state index contributed by atoms with van der Waals surface area (Å²) >= 11 is 0. The smallest absolute Gasteiger partial charge is 0.233 e. The van der Waals surface area contributed by atoms with Crippen molar-refractivity contribution >= 4 is 23.7 Å². The Balaban J connectivity index is 1.41. The molecule has 2 aromatic heterocycles. The summed E-state index contributed by atoms with van der Waals surface area (Å²) in [4.78, 5) is 42.9. The number of nitrogens with zero attached hydrogens (tertiary/aromatic N) is 4. The van der Waals surface area contributed by atoms with Crippen LogP contribution in [0.1, 0.15) is 38.5 Å².